The van der Waals surface area contributed by atoms with E-state index in [-0.39, 0.29) is 0 Å². The van der Waals surface area contributed by atoms with Crippen molar-refractivity contribution in [1.82, 2.24) is 0 Å². The number of rotatable bonds is 4. The van der Waals surface area contributed by atoms with Gasteiger partial charge in [-0.3, -0.25) is 4.79 Å². The Kier molecular flexibility index (Phi) is 5.38. The first-order chi connectivity index (χ1) is 12.5. The lowest BCUT2D eigenvalue weighted by Gasteiger charge is -2.16. The van der Waals surface area contributed by atoms with Crippen LogP contribution >= 0.6 is 11.3 Å². The molecular formula is C20H20N2O3S. The number of carbonyl (C=O) groups is 2. The number of hydrogen-bond acceptors (Lipinski definition) is 5. The summed E-state index contributed by atoms with van der Waals surface area (Å²) < 4.78 is 5.33. The van der Waals surface area contributed by atoms with Crippen LogP contribution in [-0.2, 0) is 22.4 Å². The van der Waals surface area contributed by atoms with E-state index in [4.69, 9.17) is 10.00 Å². The minimum Gasteiger partial charge on any atom is -0.448 e. The molecule has 0 fully saturated rings. The standard InChI is InChI=1S/C20H20N2O3S/c1-12-7-8-17-15(9-12)10-18(26-17)20(24)25-13(2)19(23)22-16-6-4-3-5-14(16)11-21/h3-6,10,12-13H,7-9H2,1-2H3,(H,22,23)/t12-,13-/m0/s1. The summed E-state index contributed by atoms with van der Waals surface area (Å²) in [5, 5.41) is 11.7. The molecule has 2 aromatic rings. The topological polar surface area (TPSA) is 79.2 Å². The number of nitrogens with one attached hydrogen (secondary N) is 1. The molecule has 0 saturated heterocycles. The summed E-state index contributed by atoms with van der Waals surface area (Å²) in [5.41, 5.74) is 1.99. The Morgan fingerprint density at radius 3 is 2.92 bits per heavy atom. The molecule has 3 rings (SSSR count). The Morgan fingerprint density at radius 1 is 1.38 bits per heavy atom. The number of anilines is 1. The average molecular weight is 368 g/mol. The molecule has 5 nitrogen and oxygen atoms in total. The highest BCUT2D eigenvalue weighted by molar-refractivity contribution is 7.14. The summed E-state index contributed by atoms with van der Waals surface area (Å²) in [6, 6.07) is 10.6. The quantitative estimate of drug-likeness (QED) is 0.829. The van der Waals surface area contributed by atoms with Crippen LogP contribution in [-0.4, -0.2) is 18.0 Å². The van der Waals surface area contributed by atoms with Crippen molar-refractivity contribution in [3.8, 4) is 6.07 Å². The third-order valence-corrected chi connectivity index (χ3v) is 5.71. The van der Waals surface area contributed by atoms with Gasteiger partial charge in [0, 0.05) is 4.88 Å². The SMILES string of the molecule is C[C@H]1CCc2sc(C(=O)O[C@@H](C)C(=O)Nc3ccccc3C#N)cc2C1. The molecule has 1 amide bonds. The van der Waals surface area contributed by atoms with Gasteiger partial charge in [0.1, 0.15) is 10.9 Å². The van der Waals surface area contributed by atoms with Gasteiger partial charge in [-0.05, 0) is 55.9 Å². The summed E-state index contributed by atoms with van der Waals surface area (Å²) in [5.74, 6) is -0.310. The Bertz CT molecular complexity index is 881. The van der Waals surface area contributed by atoms with Gasteiger partial charge in [-0.1, -0.05) is 19.1 Å². The van der Waals surface area contributed by atoms with E-state index in [9.17, 15) is 9.59 Å². The summed E-state index contributed by atoms with van der Waals surface area (Å²) in [4.78, 5) is 26.5. The normalized spacial score (nSPS) is 16.9. The summed E-state index contributed by atoms with van der Waals surface area (Å²) in [6.07, 6.45) is 2.17. The third-order valence-electron chi connectivity index (χ3n) is 4.49. The summed E-state index contributed by atoms with van der Waals surface area (Å²) >= 11 is 1.46. The minimum atomic E-state index is -0.952. The predicted octanol–water partition coefficient (Wildman–Crippen LogP) is 3.93. The molecule has 0 aliphatic heterocycles. The predicted molar refractivity (Wildman–Crippen MR) is 100 cm³/mol. The van der Waals surface area contributed by atoms with E-state index in [2.05, 4.69) is 12.2 Å². The molecule has 0 unspecified atom stereocenters. The zero-order valence-electron chi connectivity index (χ0n) is 14.7. The summed E-state index contributed by atoms with van der Waals surface area (Å²) in [6.45, 7) is 3.74. The van der Waals surface area contributed by atoms with E-state index in [1.807, 2.05) is 12.1 Å². The molecule has 0 spiro atoms. The van der Waals surface area contributed by atoms with Gasteiger partial charge < -0.3 is 10.1 Å². The molecule has 1 heterocycles. The maximum Gasteiger partial charge on any atom is 0.349 e. The second-order valence-corrected chi connectivity index (χ2v) is 7.74. The van der Waals surface area contributed by atoms with Gasteiger partial charge in [-0.2, -0.15) is 5.26 Å². The molecule has 1 aliphatic rings. The maximum absolute atomic E-state index is 12.4. The number of amides is 1. The van der Waals surface area contributed by atoms with Crippen LogP contribution in [0.3, 0.4) is 0 Å². The fraction of sp³-hybridized carbons (Fsp3) is 0.350. The van der Waals surface area contributed by atoms with Crippen molar-refractivity contribution in [3.63, 3.8) is 0 Å². The van der Waals surface area contributed by atoms with Crippen molar-refractivity contribution in [2.24, 2.45) is 5.92 Å². The second-order valence-electron chi connectivity index (χ2n) is 6.60. The van der Waals surface area contributed by atoms with Crippen molar-refractivity contribution in [3.05, 3.63) is 51.2 Å². The average Bonchev–Trinajstić information content (AvgIpc) is 3.05. The van der Waals surface area contributed by atoms with Crippen LogP contribution in [0.1, 0.15) is 45.9 Å². The van der Waals surface area contributed by atoms with Crippen LogP contribution in [0.4, 0.5) is 5.69 Å². The molecule has 1 aromatic carbocycles. The van der Waals surface area contributed by atoms with E-state index >= 15 is 0 Å². The smallest absolute Gasteiger partial charge is 0.349 e. The molecule has 1 N–H and O–H groups in total. The number of nitriles is 1. The molecule has 2 atom stereocenters. The first-order valence-corrected chi connectivity index (χ1v) is 9.42. The van der Waals surface area contributed by atoms with Gasteiger partial charge in [-0.25, -0.2) is 4.79 Å². The fourth-order valence-electron chi connectivity index (χ4n) is 3.00. The van der Waals surface area contributed by atoms with Gasteiger partial charge in [-0.15, -0.1) is 11.3 Å². The largest absolute Gasteiger partial charge is 0.448 e. The van der Waals surface area contributed by atoms with Crippen LogP contribution in [0, 0.1) is 17.2 Å². The fourth-order valence-corrected chi connectivity index (χ4v) is 4.09. The van der Waals surface area contributed by atoms with Crippen molar-refractivity contribution in [1.29, 1.82) is 5.26 Å². The molecule has 1 aliphatic carbocycles. The number of thiophene rings is 1. The number of benzene rings is 1. The Hall–Kier alpha value is -2.65. The molecule has 0 radical (unpaired) electrons. The highest BCUT2D eigenvalue weighted by Gasteiger charge is 2.24. The van der Waals surface area contributed by atoms with Crippen LogP contribution in [0.2, 0.25) is 0 Å². The minimum absolute atomic E-state index is 0.361. The molecule has 134 valence electrons. The van der Waals surface area contributed by atoms with Gasteiger partial charge in [0.25, 0.3) is 5.91 Å². The lowest BCUT2D eigenvalue weighted by atomic mass is 9.90. The van der Waals surface area contributed by atoms with E-state index in [0.717, 1.165) is 19.3 Å². The Balaban J connectivity index is 1.64. The van der Waals surface area contributed by atoms with Crippen LogP contribution in [0.25, 0.3) is 0 Å². The second kappa shape index (κ2) is 7.71. The van der Waals surface area contributed by atoms with Crippen molar-refractivity contribution < 1.29 is 14.3 Å². The van der Waals surface area contributed by atoms with E-state index in [1.165, 1.54) is 28.7 Å². The first-order valence-electron chi connectivity index (χ1n) is 8.60. The highest BCUT2D eigenvalue weighted by Crippen LogP contribution is 2.32. The summed E-state index contributed by atoms with van der Waals surface area (Å²) in [7, 11) is 0. The van der Waals surface area contributed by atoms with Crippen LogP contribution < -0.4 is 5.32 Å². The van der Waals surface area contributed by atoms with Crippen molar-refractivity contribution in [2.45, 2.75) is 39.2 Å². The number of hydrogen-bond donors (Lipinski definition) is 1. The Morgan fingerprint density at radius 2 is 2.15 bits per heavy atom. The zero-order chi connectivity index (χ0) is 18.7. The Labute approximate surface area is 156 Å². The first kappa shape index (κ1) is 18.2. The van der Waals surface area contributed by atoms with Gasteiger partial charge in [0.05, 0.1) is 11.3 Å². The third kappa shape index (κ3) is 3.94. The highest BCUT2D eigenvalue weighted by atomic mass is 32.1. The molecule has 0 bridgehead atoms. The number of nitrogens with zero attached hydrogens (tertiary/aromatic N) is 1. The number of para-hydroxylation sites is 1. The van der Waals surface area contributed by atoms with Crippen molar-refractivity contribution >= 4 is 28.9 Å². The number of fused-ring (bicyclic) bond motifs is 1. The molecule has 0 saturated carbocycles. The van der Waals surface area contributed by atoms with E-state index in [0.29, 0.717) is 22.0 Å². The van der Waals surface area contributed by atoms with Gasteiger partial charge >= 0.3 is 5.97 Å². The monoisotopic (exact) mass is 368 g/mol. The molecule has 26 heavy (non-hydrogen) atoms. The number of aryl methyl sites for hydroxylation is 1. The molecular weight excluding hydrogens is 348 g/mol. The van der Waals surface area contributed by atoms with Gasteiger partial charge in [0.15, 0.2) is 6.10 Å². The number of esters is 1. The van der Waals surface area contributed by atoms with Gasteiger partial charge in [0.2, 0.25) is 0 Å². The van der Waals surface area contributed by atoms with Crippen LogP contribution in [0.15, 0.2) is 30.3 Å². The number of carbonyl (C=O) groups excluding carboxylic acids is 2. The maximum atomic E-state index is 12.4. The lowest BCUT2D eigenvalue weighted by Crippen LogP contribution is -2.30. The zero-order valence-corrected chi connectivity index (χ0v) is 15.6. The van der Waals surface area contributed by atoms with Crippen LogP contribution in [0.5, 0.6) is 0 Å². The number of ether oxygens (including phenoxy) is 1. The lowest BCUT2D eigenvalue weighted by molar-refractivity contribution is -0.123. The van der Waals surface area contributed by atoms with Crippen molar-refractivity contribution in [2.75, 3.05) is 5.32 Å². The molecule has 6 heteroatoms. The van der Waals surface area contributed by atoms with E-state index < -0.39 is 18.0 Å². The van der Waals surface area contributed by atoms with E-state index in [1.54, 1.807) is 24.3 Å². The molecule has 1 aromatic heterocycles.